The highest BCUT2D eigenvalue weighted by Gasteiger charge is 2.43. The van der Waals surface area contributed by atoms with E-state index in [2.05, 4.69) is 21.5 Å². The molecule has 5 rings (SSSR count). The highest BCUT2D eigenvalue weighted by Crippen LogP contribution is 2.44. The third kappa shape index (κ3) is 3.10. The molecule has 1 aliphatic heterocycles. The van der Waals surface area contributed by atoms with E-state index >= 15 is 0 Å². The fraction of sp³-hybridized carbons (Fsp3) is 0.261. The van der Waals surface area contributed by atoms with Gasteiger partial charge in [0.05, 0.1) is 12.0 Å². The quantitative estimate of drug-likeness (QED) is 0.683. The second kappa shape index (κ2) is 6.86. The molecule has 0 unspecified atom stereocenters. The molecule has 0 bridgehead atoms. The fourth-order valence-corrected chi connectivity index (χ4v) is 4.54. The van der Waals surface area contributed by atoms with Crippen molar-refractivity contribution >= 4 is 11.7 Å². The Kier molecular flexibility index (Phi) is 4.27. The summed E-state index contributed by atoms with van der Waals surface area (Å²) in [5, 5.41) is 7.64. The number of fused-ring (bicyclic) bond motifs is 2. The molecule has 0 amide bonds. The van der Waals surface area contributed by atoms with Crippen molar-refractivity contribution in [1.29, 1.82) is 0 Å². The van der Waals surface area contributed by atoms with Crippen LogP contribution in [0.4, 0.5) is 14.7 Å². The summed E-state index contributed by atoms with van der Waals surface area (Å²) >= 11 is 0. The van der Waals surface area contributed by atoms with E-state index in [-0.39, 0.29) is 11.7 Å². The standard InChI is InChI=1S/C23H20F2N4O/c1-12-4-3-5-14(6-12)15-9-19-21(20(30)10-15)22(16-7-17(24)11-18(25)8-16)29-23(27-19)26-13(2)28-29/h3-9,11,15,21-22H,10H2,1-2H3,(H,26,27,28)/t15-,21+,22+/m0/s1. The Bertz CT molecular complexity index is 1180. The molecular formula is C23H20F2N4O. The molecule has 0 saturated carbocycles. The van der Waals surface area contributed by atoms with Crippen molar-refractivity contribution in [2.45, 2.75) is 32.2 Å². The first-order valence-electron chi connectivity index (χ1n) is 9.86. The van der Waals surface area contributed by atoms with Gasteiger partial charge in [0.2, 0.25) is 5.95 Å². The van der Waals surface area contributed by atoms with Crippen LogP contribution >= 0.6 is 0 Å². The van der Waals surface area contributed by atoms with E-state index in [0.29, 0.717) is 29.5 Å². The van der Waals surface area contributed by atoms with Crippen LogP contribution in [-0.2, 0) is 4.79 Å². The Morgan fingerprint density at radius 1 is 1.07 bits per heavy atom. The van der Waals surface area contributed by atoms with Gasteiger partial charge >= 0.3 is 0 Å². The maximum Gasteiger partial charge on any atom is 0.226 e. The van der Waals surface area contributed by atoms with Gasteiger partial charge in [-0.2, -0.15) is 10.1 Å². The molecule has 3 aromatic rings. The number of hydrogen-bond acceptors (Lipinski definition) is 4. The van der Waals surface area contributed by atoms with Gasteiger partial charge in [-0.3, -0.25) is 4.79 Å². The molecule has 0 spiro atoms. The zero-order chi connectivity index (χ0) is 21.0. The van der Waals surface area contributed by atoms with Crippen LogP contribution in [0.15, 0.2) is 54.2 Å². The molecule has 0 saturated heterocycles. The van der Waals surface area contributed by atoms with E-state index in [9.17, 15) is 13.6 Å². The summed E-state index contributed by atoms with van der Waals surface area (Å²) in [5.41, 5.74) is 3.25. The molecule has 3 atom stereocenters. The van der Waals surface area contributed by atoms with Crippen molar-refractivity contribution in [3.8, 4) is 0 Å². The van der Waals surface area contributed by atoms with Crippen molar-refractivity contribution < 1.29 is 13.6 Å². The predicted octanol–water partition coefficient (Wildman–Crippen LogP) is 4.44. The normalized spacial score (nSPS) is 22.7. The van der Waals surface area contributed by atoms with Gasteiger partial charge in [-0.25, -0.2) is 13.5 Å². The molecule has 1 aliphatic carbocycles. The maximum atomic E-state index is 14.0. The van der Waals surface area contributed by atoms with E-state index < -0.39 is 23.6 Å². The molecule has 0 radical (unpaired) electrons. The van der Waals surface area contributed by atoms with Crippen LogP contribution in [0.5, 0.6) is 0 Å². The molecule has 5 nitrogen and oxygen atoms in total. The second-order valence-electron chi connectivity index (χ2n) is 7.99. The lowest BCUT2D eigenvalue weighted by atomic mass is 9.75. The third-order valence-electron chi connectivity index (χ3n) is 5.75. The van der Waals surface area contributed by atoms with Gasteiger partial charge in [0.25, 0.3) is 0 Å². The average molecular weight is 406 g/mol. The number of halogens is 2. The number of carbonyl (C=O) groups is 1. The molecule has 152 valence electrons. The average Bonchev–Trinajstić information content (AvgIpc) is 3.05. The largest absolute Gasteiger partial charge is 0.328 e. The first kappa shape index (κ1) is 18.7. The summed E-state index contributed by atoms with van der Waals surface area (Å²) in [4.78, 5) is 17.7. The molecular weight excluding hydrogens is 386 g/mol. The number of carbonyl (C=O) groups excluding carboxylic acids is 1. The van der Waals surface area contributed by atoms with Crippen molar-refractivity contribution in [3.05, 3.63) is 88.4 Å². The zero-order valence-electron chi connectivity index (χ0n) is 16.6. The van der Waals surface area contributed by atoms with E-state index in [4.69, 9.17) is 0 Å². The number of nitrogens with zero attached hydrogens (tertiary/aromatic N) is 3. The van der Waals surface area contributed by atoms with Crippen molar-refractivity contribution in [2.75, 3.05) is 5.32 Å². The zero-order valence-corrected chi connectivity index (χ0v) is 16.6. The van der Waals surface area contributed by atoms with Crippen LogP contribution in [0.25, 0.3) is 0 Å². The SMILES string of the molecule is Cc1cccc([C@H]2C=C3Nc4nc(C)nn4[C@H](c4cc(F)cc(F)c4)[C@H]3C(=O)C2)c1. The summed E-state index contributed by atoms with van der Waals surface area (Å²) in [6.07, 6.45) is 2.35. The minimum atomic E-state index is -0.687. The lowest BCUT2D eigenvalue weighted by Crippen LogP contribution is -2.40. The Morgan fingerprint density at radius 3 is 2.57 bits per heavy atom. The molecule has 1 aromatic heterocycles. The van der Waals surface area contributed by atoms with Crippen molar-refractivity contribution in [2.24, 2.45) is 5.92 Å². The van der Waals surface area contributed by atoms with Gasteiger partial charge in [-0.15, -0.1) is 0 Å². The fourth-order valence-electron chi connectivity index (χ4n) is 4.54. The van der Waals surface area contributed by atoms with Crippen LogP contribution < -0.4 is 5.32 Å². The van der Waals surface area contributed by atoms with Crippen molar-refractivity contribution in [3.63, 3.8) is 0 Å². The first-order valence-corrected chi connectivity index (χ1v) is 9.86. The highest BCUT2D eigenvalue weighted by atomic mass is 19.1. The Morgan fingerprint density at radius 2 is 1.83 bits per heavy atom. The lowest BCUT2D eigenvalue weighted by molar-refractivity contribution is -0.123. The Labute approximate surface area is 172 Å². The highest BCUT2D eigenvalue weighted by molar-refractivity contribution is 5.88. The topological polar surface area (TPSA) is 59.8 Å². The molecule has 7 heteroatoms. The molecule has 2 aliphatic rings. The summed E-state index contributed by atoms with van der Waals surface area (Å²) in [6, 6.07) is 10.8. The predicted molar refractivity (Wildman–Crippen MR) is 108 cm³/mol. The maximum absolute atomic E-state index is 14.0. The summed E-state index contributed by atoms with van der Waals surface area (Å²) in [5.74, 6) is -1.08. The number of anilines is 1. The Balaban J connectivity index is 1.65. The number of rotatable bonds is 2. The van der Waals surface area contributed by atoms with Crippen LogP contribution in [0.1, 0.15) is 40.9 Å². The van der Waals surface area contributed by atoms with Crippen LogP contribution in [0, 0.1) is 31.4 Å². The number of benzene rings is 2. The number of aromatic nitrogens is 3. The first-order chi connectivity index (χ1) is 14.4. The second-order valence-corrected chi connectivity index (χ2v) is 7.99. The van der Waals surface area contributed by atoms with E-state index in [0.717, 1.165) is 17.2 Å². The lowest BCUT2D eigenvalue weighted by Gasteiger charge is -2.38. The monoisotopic (exact) mass is 406 g/mol. The van der Waals surface area contributed by atoms with Gasteiger partial charge in [-0.1, -0.05) is 35.9 Å². The number of allylic oxidation sites excluding steroid dienone is 2. The summed E-state index contributed by atoms with van der Waals surface area (Å²) in [7, 11) is 0. The van der Waals surface area contributed by atoms with Gasteiger partial charge in [-0.05, 0) is 37.1 Å². The number of aryl methyl sites for hydroxylation is 2. The van der Waals surface area contributed by atoms with Crippen LogP contribution in [0.2, 0.25) is 0 Å². The number of Topliss-reactive ketones (excluding diaryl/α,β-unsaturated/α-hetero) is 1. The minimum absolute atomic E-state index is 0.0000198. The van der Waals surface area contributed by atoms with E-state index in [1.54, 1.807) is 11.6 Å². The third-order valence-corrected chi connectivity index (χ3v) is 5.75. The van der Waals surface area contributed by atoms with E-state index in [1.807, 2.05) is 31.2 Å². The molecule has 1 N–H and O–H groups in total. The number of hydrogen-bond donors (Lipinski definition) is 1. The van der Waals surface area contributed by atoms with Gasteiger partial charge in [0, 0.05) is 24.1 Å². The van der Waals surface area contributed by atoms with E-state index in [1.165, 1.54) is 12.1 Å². The molecule has 2 aromatic carbocycles. The molecule has 0 fully saturated rings. The number of ketones is 1. The minimum Gasteiger partial charge on any atom is -0.328 e. The molecule has 2 heterocycles. The number of nitrogens with one attached hydrogen (secondary N) is 1. The van der Waals surface area contributed by atoms with Crippen LogP contribution in [0.3, 0.4) is 0 Å². The van der Waals surface area contributed by atoms with Gasteiger partial charge in [0.15, 0.2) is 0 Å². The summed E-state index contributed by atoms with van der Waals surface area (Å²) < 4.78 is 29.6. The Hall–Kier alpha value is -3.35. The van der Waals surface area contributed by atoms with Gasteiger partial charge < -0.3 is 5.32 Å². The van der Waals surface area contributed by atoms with Crippen LogP contribution in [-0.4, -0.2) is 20.5 Å². The molecule has 30 heavy (non-hydrogen) atoms. The smallest absolute Gasteiger partial charge is 0.226 e. The summed E-state index contributed by atoms with van der Waals surface area (Å²) in [6.45, 7) is 3.76. The van der Waals surface area contributed by atoms with Crippen molar-refractivity contribution in [1.82, 2.24) is 14.8 Å². The van der Waals surface area contributed by atoms with Gasteiger partial charge in [0.1, 0.15) is 23.2 Å².